The molecule has 2 aromatic carbocycles. The molecule has 1 N–H and O–H groups in total. The highest BCUT2D eigenvalue weighted by molar-refractivity contribution is 7.90. The van der Waals surface area contributed by atoms with Crippen LogP contribution in [0, 0.1) is 0 Å². The molecule has 2 aromatic rings. The lowest BCUT2D eigenvalue weighted by molar-refractivity contribution is 0.442. The van der Waals surface area contributed by atoms with Crippen LogP contribution in [0.4, 0.5) is 0 Å². The first-order chi connectivity index (χ1) is 8.62. The zero-order chi connectivity index (χ0) is 12.6. The van der Waals surface area contributed by atoms with Crippen molar-refractivity contribution in [2.45, 2.75) is 5.54 Å². The number of benzene rings is 2. The number of rotatable bonds is 2. The highest BCUT2D eigenvalue weighted by Crippen LogP contribution is 2.37. The van der Waals surface area contributed by atoms with Crippen LogP contribution in [0.25, 0.3) is 0 Å². The summed E-state index contributed by atoms with van der Waals surface area (Å²) in [6.45, 7) is 0. The van der Waals surface area contributed by atoms with E-state index < -0.39 is 15.6 Å². The summed E-state index contributed by atoms with van der Waals surface area (Å²) >= 11 is 0. The van der Waals surface area contributed by atoms with E-state index in [2.05, 4.69) is 4.72 Å². The van der Waals surface area contributed by atoms with Crippen LogP contribution >= 0.6 is 0 Å². The fraction of sp³-hybridized carbons (Fsp3) is 0.143. The topological polar surface area (TPSA) is 46.2 Å². The first-order valence-electron chi connectivity index (χ1n) is 5.75. The molecule has 4 heteroatoms. The van der Waals surface area contributed by atoms with Crippen LogP contribution < -0.4 is 4.72 Å². The third-order valence-electron chi connectivity index (χ3n) is 3.27. The summed E-state index contributed by atoms with van der Waals surface area (Å²) in [6.07, 6.45) is 0. The SMILES string of the molecule is O=S1(=O)CC(c2ccccc2)(c2ccccc2)N1. The summed E-state index contributed by atoms with van der Waals surface area (Å²) in [5.41, 5.74) is 1.36. The van der Waals surface area contributed by atoms with E-state index in [0.717, 1.165) is 11.1 Å². The van der Waals surface area contributed by atoms with Gasteiger partial charge in [0.05, 0.1) is 11.3 Å². The Morgan fingerprint density at radius 2 is 1.22 bits per heavy atom. The third kappa shape index (κ3) is 1.74. The first kappa shape index (κ1) is 11.4. The van der Waals surface area contributed by atoms with E-state index in [4.69, 9.17) is 0 Å². The number of hydrogen-bond donors (Lipinski definition) is 1. The maximum atomic E-state index is 11.5. The molecule has 3 rings (SSSR count). The van der Waals surface area contributed by atoms with E-state index in [-0.39, 0.29) is 5.75 Å². The van der Waals surface area contributed by atoms with Crippen molar-refractivity contribution in [3.8, 4) is 0 Å². The zero-order valence-electron chi connectivity index (χ0n) is 9.71. The Bertz CT molecular complexity index is 597. The molecule has 0 atom stereocenters. The van der Waals surface area contributed by atoms with Gasteiger partial charge in [-0.25, -0.2) is 8.42 Å². The van der Waals surface area contributed by atoms with Crippen molar-refractivity contribution in [3.05, 3.63) is 71.8 Å². The molecule has 0 bridgehead atoms. The monoisotopic (exact) mass is 259 g/mol. The van der Waals surface area contributed by atoms with Crippen molar-refractivity contribution in [1.29, 1.82) is 0 Å². The molecule has 92 valence electrons. The predicted molar refractivity (Wildman–Crippen MR) is 70.6 cm³/mol. The van der Waals surface area contributed by atoms with Crippen molar-refractivity contribution in [2.24, 2.45) is 0 Å². The lowest BCUT2D eigenvalue weighted by Gasteiger charge is -2.43. The second-order valence-corrected chi connectivity index (χ2v) is 6.22. The van der Waals surface area contributed by atoms with Crippen molar-refractivity contribution < 1.29 is 8.42 Å². The van der Waals surface area contributed by atoms with Crippen LogP contribution in [0.2, 0.25) is 0 Å². The Hall–Kier alpha value is -1.65. The summed E-state index contributed by atoms with van der Waals surface area (Å²) in [5.74, 6) is 0.105. The van der Waals surface area contributed by atoms with Crippen molar-refractivity contribution in [2.75, 3.05) is 5.75 Å². The van der Waals surface area contributed by atoms with Crippen LogP contribution in [0.5, 0.6) is 0 Å². The molecule has 1 saturated heterocycles. The number of hydrogen-bond acceptors (Lipinski definition) is 2. The molecule has 3 nitrogen and oxygen atoms in total. The molecular formula is C14H13NO2S. The summed E-state index contributed by atoms with van der Waals surface area (Å²) in [5, 5.41) is 0. The van der Waals surface area contributed by atoms with Crippen molar-refractivity contribution in [1.82, 2.24) is 4.72 Å². The summed E-state index contributed by atoms with van der Waals surface area (Å²) in [7, 11) is -3.14. The van der Waals surface area contributed by atoms with Gasteiger partial charge in [-0.05, 0) is 11.1 Å². The van der Waals surface area contributed by atoms with Crippen molar-refractivity contribution in [3.63, 3.8) is 0 Å². The molecule has 0 aromatic heterocycles. The normalized spacial score (nSPS) is 20.0. The van der Waals surface area contributed by atoms with Gasteiger partial charge in [0.25, 0.3) is 0 Å². The molecule has 0 radical (unpaired) electrons. The smallest absolute Gasteiger partial charge is 0.212 e. The maximum absolute atomic E-state index is 11.5. The van der Waals surface area contributed by atoms with E-state index in [1.807, 2.05) is 60.7 Å². The minimum absolute atomic E-state index is 0.105. The minimum Gasteiger partial charge on any atom is -0.212 e. The fourth-order valence-electron chi connectivity index (χ4n) is 2.43. The fourth-order valence-corrected chi connectivity index (χ4v) is 4.07. The quantitative estimate of drug-likeness (QED) is 0.895. The second-order valence-electron chi connectivity index (χ2n) is 4.50. The molecular weight excluding hydrogens is 246 g/mol. The van der Waals surface area contributed by atoms with E-state index in [9.17, 15) is 8.42 Å². The third-order valence-corrected chi connectivity index (χ3v) is 4.74. The number of sulfonamides is 1. The van der Waals surface area contributed by atoms with Gasteiger partial charge in [-0.1, -0.05) is 60.7 Å². The molecule has 1 fully saturated rings. The predicted octanol–water partition coefficient (Wildman–Crippen LogP) is 1.86. The van der Waals surface area contributed by atoms with Crippen LogP contribution in [-0.4, -0.2) is 14.2 Å². The van der Waals surface area contributed by atoms with Gasteiger partial charge in [0.2, 0.25) is 10.0 Å². The van der Waals surface area contributed by atoms with Crippen LogP contribution in [-0.2, 0) is 15.6 Å². The molecule has 0 aliphatic carbocycles. The summed E-state index contributed by atoms with van der Waals surface area (Å²) < 4.78 is 25.8. The van der Waals surface area contributed by atoms with Crippen molar-refractivity contribution >= 4 is 10.0 Å². The van der Waals surface area contributed by atoms with Crippen LogP contribution in [0.15, 0.2) is 60.7 Å². The molecule has 1 aliphatic rings. The Kier molecular flexibility index (Phi) is 2.50. The van der Waals surface area contributed by atoms with Gasteiger partial charge < -0.3 is 0 Å². The van der Waals surface area contributed by atoms with Gasteiger partial charge in [-0.15, -0.1) is 0 Å². The largest absolute Gasteiger partial charge is 0.215 e. The minimum atomic E-state index is -3.14. The molecule has 1 aliphatic heterocycles. The van der Waals surface area contributed by atoms with E-state index in [1.54, 1.807) is 0 Å². The zero-order valence-corrected chi connectivity index (χ0v) is 10.5. The summed E-state index contributed by atoms with van der Waals surface area (Å²) in [4.78, 5) is 0. The average Bonchev–Trinajstić information content (AvgIpc) is 2.37. The molecule has 0 spiro atoms. The average molecular weight is 259 g/mol. The maximum Gasteiger partial charge on any atom is 0.215 e. The highest BCUT2D eigenvalue weighted by Gasteiger charge is 2.50. The number of nitrogens with one attached hydrogen (secondary N) is 1. The first-order valence-corrected chi connectivity index (χ1v) is 7.40. The van der Waals surface area contributed by atoms with Gasteiger partial charge in [-0.2, -0.15) is 4.72 Å². The molecule has 18 heavy (non-hydrogen) atoms. The lowest BCUT2D eigenvalue weighted by atomic mass is 9.85. The molecule has 0 unspecified atom stereocenters. The summed E-state index contributed by atoms with van der Waals surface area (Å²) in [6, 6.07) is 19.4. The highest BCUT2D eigenvalue weighted by atomic mass is 32.2. The Morgan fingerprint density at radius 1 is 0.833 bits per heavy atom. The van der Waals surface area contributed by atoms with Gasteiger partial charge in [0.15, 0.2) is 0 Å². The second kappa shape index (κ2) is 3.93. The standard InChI is InChI=1S/C14H13NO2S/c16-18(17)11-14(15-18,12-7-3-1-4-8-12)13-9-5-2-6-10-13/h1-10,15H,11H2. The molecule has 1 heterocycles. The molecule has 0 saturated carbocycles. The van der Waals surface area contributed by atoms with Gasteiger partial charge in [0, 0.05) is 0 Å². The van der Waals surface area contributed by atoms with Crippen LogP contribution in [0.1, 0.15) is 11.1 Å². The van der Waals surface area contributed by atoms with E-state index in [1.165, 1.54) is 0 Å². The van der Waals surface area contributed by atoms with E-state index >= 15 is 0 Å². The Labute approximate surface area is 107 Å². The van der Waals surface area contributed by atoms with Gasteiger partial charge >= 0.3 is 0 Å². The molecule has 0 amide bonds. The Morgan fingerprint density at radius 3 is 1.56 bits per heavy atom. The van der Waals surface area contributed by atoms with Gasteiger partial charge in [0.1, 0.15) is 0 Å². The lowest BCUT2D eigenvalue weighted by Crippen LogP contribution is -2.62. The Balaban J connectivity index is 2.13. The van der Waals surface area contributed by atoms with E-state index in [0.29, 0.717) is 0 Å². The van der Waals surface area contributed by atoms with Crippen LogP contribution in [0.3, 0.4) is 0 Å². The van der Waals surface area contributed by atoms with Gasteiger partial charge in [-0.3, -0.25) is 0 Å².